The molecule has 2 aromatic carbocycles. The first-order chi connectivity index (χ1) is 12.3. The van der Waals surface area contributed by atoms with Gasteiger partial charge in [-0.05, 0) is 56.1 Å². The van der Waals surface area contributed by atoms with Crippen LogP contribution in [0.25, 0.3) is 0 Å². The summed E-state index contributed by atoms with van der Waals surface area (Å²) in [4.78, 5) is 11.9. The normalized spacial score (nSPS) is 10.8. The van der Waals surface area contributed by atoms with Crippen molar-refractivity contribution in [1.29, 1.82) is 0 Å². The second-order valence-electron chi connectivity index (χ2n) is 4.83. The molecule has 0 heterocycles. The van der Waals surface area contributed by atoms with Crippen LogP contribution < -0.4 is 14.9 Å². The summed E-state index contributed by atoms with van der Waals surface area (Å²) in [6.07, 6.45) is 1.33. The summed E-state index contributed by atoms with van der Waals surface area (Å²) in [7, 11) is 1.51. The highest BCUT2D eigenvalue weighted by Crippen LogP contribution is 2.38. The van der Waals surface area contributed by atoms with Crippen LogP contribution in [-0.4, -0.2) is 30.9 Å². The predicted octanol–water partition coefficient (Wildman–Crippen LogP) is 4.98. The third kappa shape index (κ3) is 5.70. The van der Waals surface area contributed by atoms with E-state index in [4.69, 9.17) is 9.47 Å². The van der Waals surface area contributed by atoms with Gasteiger partial charge in [-0.1, -0.05) is 31.9 Å². The molecule has 1 amide bonds. The summed E-state index contributed by atoms with van der Waals surface area (Å²) in [5.41, 5.74) is 2.77. The zero-order valence-electron chi connectivity index (χ0n) is 13.2. The number of ether oxygens (including phenoxy) is 2. The fourth-order valence-corrected chi connectivity index (χ4v) is 4.42. The molecule has 10 heteroatoms. The molecule has 2 rings (SSSR count). The molecule has 0 radical (unpaired) electrons. The molecule has 0 aliphatic carbocycles. The number of aromatic hydroxyl groups is 1. The van der Waals surface area contributed by atoms with Gasteiger partial charge in [0.25, 0.3) is 5.91 Å². The molecule has 26 heavy (non-hydrogen) atoms. The van der Waals surface area contributed by atoms with E-state index in [9.17, 15) is 9.90 Å². The van der Waals surface area contributed by atoms with E-state index < -0.39 is 5.91 Å². The molecule has 0 bridgehead atoms. The van der Waals surface area contributed by atoms with Crippen molar-refractivity contribution in [1.82, 2.24) is 5.43 Å². The Balaban J connectivity index is 1.98. The maximum atomic E-state index is 11.9. The minimum Gasteiger partial charge on any atom is -0.506 e. The molecule has 2 aromatic rings. The Morgan fingerprint density at radius 2 is 1.81 bits per heavy atom. The second-order valence-corrected chi connectivity index (χ2v) is 8.37. The van der Waals surface area contributed by atoms with Crippen molar-refractivity contribution < 1.29 is 19.4 Å². The number of phenolic OH excluding ortho intramolecular Hbond substituents is 1. The average molecular weight is 616 g/mol. The largest absolute Gasteiger partial charge is 0.506 e. The van der Waals surface area contributed by atoms with Crippen molar-refractivity contribution in [3.8, 4) is 17.2 Å². The topological polar surface area (TPSA) is 80.2 Å². The van der Waals surface area contributed by atoms with Crippen molar-refractivity contribution in [2.75, 3.05) is 13.7 Å². The number of benzene rings is 2. The summed E-state index contributed by atoms with van der Waals surface area (Å²) in [5, 5.41) is 13.7. The van der Waals surface area contributed by atoms with E-state index in [2.05, 4.69) is 74.2 Å². The number of carbonyl (C=O) groups excluding carboxylic acids is 1. The number of nitrogens with zero attached hydrogens (tertiary/aromatic N) is 1. The third-order valence-electron chi connectivity index (χ3n) is 2.99. The highest BCUT2D eigenvalue weighted by atomic mass is 79.9. The van der Waals surface area contributed by atoms with Crippen molar-refractivity contribution in [2.24, 2.45) is 5.10 Å². The molecular weight excluding hydrogens is 604 g/mol. The molecule has 0 saturated carbocycles. The SMILES string of the molecule is COc1cc(Br)cc(Br)c1OCC(=O)N/N=C/c1cc(Br)cc(Br)c1O. The number of nitrogens with one attached hydrogen (secondary N) is 1. The van der Waals surface area contributed by atoms with Crippen LogP contribution in [0.5, 0.6) is 17.2 Å². The molecular formula is C16H12Br4N2O4. The van der Waals surface area contributed by atoms with Gasteiger partial charge in [0.1, 0.15) is 5.75 Å². The van der Waals surface area contributed by atoms with Crippen LogP contribution in [0.3, 0.4) is 0 Å². The number of rotatable bonds is 6. The number of hydrogen-bond acceptors (Lipinski definition) is 5. The highest BCUT2D eigenvalue weighted by molar-refractivity contribution is 9.11. The quantitative estimate of drug-likeness (QED) is 0.355. The lowest BCUT2D eigenvalue weighted by molar-refractivity contribution is -0.123. The lowest BCUT2D eigenvalue weighted by atomic mass is 10.2. The minimum absolute atomic E-state index is 0.0194. The third-order valence-corrected chi connectivity index (χ3v) is 5.10. The van der Waals surface area contributed by atoms with Gasteiger partial charge in [-0.15, -0.1) is 0 Å². The number of halogens is 4. The monoisotopic (exact) mass is 612 g/mol. The fourth-order valence-electron chi connectivity index (χ4n) is 1.86. The summed E-state index contributed by atoms with van der Waals surface area (Å²) in [6.45, 7) is -0.262. The number of carbonyl (C=O) groups is 1. The fraction of sp³-hybridized carbons (Fsp3) is 0.125. The van der Waals surface area contributed by atoms with Gasteiger partial charge in [0.15, 0.2) is 18.1 Å². The zero-order valence-corrected chi connectivity index (χ0v) is 19.6. The van der Waals surface area contributed by atoms with E-state index in [1.807, 2.05) is 0 Å². The lowest BCUT2D eigenvalue weighted by Gasteiger charge is -2.12. The maximum Gasteiger partial charge on any atom is 0.277 e. The van der Waals surface area contributed by atoms with E-state index in [1.54, 1.807) is 24.3 Å². The van der Waals surface area contributed by atoms with E-state index in [0.29, 0.717) is 26.0 Å². The summed E-state index contributed by atoms with van der Waals surface area (Å²) in [5.74, 6) is 0.438. The number of amides is 1. The molecule has 0 saturated heterocycles. The zero-order chi connectivity index (χ0) is 19.3. The molecule has 2 N–H and O–H groups in total. The Labute approximate surface area is 183 Å². The molecule has 0 fully saturated rings. The Hall–Kier alpha value is -1.10. The first-order valence-corrected chi connectivity index (χ1v) is 10.1. The summed E-state index contributed by atoms with van der Waals surface area (Å²) >= 11 is 13.2. The molecule has 0 aliphatic rings. The molecule has 6 nitrogen and oxygen atoms in total. The van der Waals surface area contributed by atoms with Gasteiger partial charge in [-0.3, -0.25) is 4.79 Å². The predicted molar refractivity (Wildman–Crippen MR) is 113 cm³/mol. The lowest BCUT2D eigenvalue weighted by Crippen LogP contribution is -2.24. The van der Waals surface area contributed by atoms with Gasteiger partial charge >= 0.3 is 0 Å². The van der Waals surface area contributed by atoms with Gasteiger partial charge < -0.3 is 14.6 Å². The number of methoxy groups -OCH3 is 1. The Kier molecular flexibility index (Phi) is 7.93. The van der Waals surface area contributed by atoms with E-state index >= 15 is 0 Å². The average Bonchev–Trinajstić information content (AvgIpc) is 2.57. The Bertz CT molecular complexity index is 859. The second kappa shape index (κ2) is 9.72. The summed E-state index contributed by atoms with van der Waals surface area (Å²) < 4.78 is 13.4. The molecule has 138 valence electrons. The van der Waals surface area contributed by atoms with E-state index in [-0.39, 0.29) is 12.4 Å². The molecule has 0 atom stereocenters. The van der Waals surface area contributed by atoms with E-state index in [1.165, 1.54) is 13.3 Å². The molecule has 0 aliphatic heterocycles. The van der Waals surface area contributed by atoms with Gasteiger partial charge in [0.05, 0.1) is 22.3 Å². The van der Waals surface area contributed by atoms with Crippen LogP contribution in [0.15, 0.2) is 47.3 Å². The maximum absolute atomic E-state index is 11.9. The summed E-state index contributed by atoms with van der Waals surface area (Å²) in [6, 6.07) is 6.87. The van der Waals surface area contributed by atoms with Crippen LogP contribution in [0.2, 0.25) is 0 Å². The van der Waals surface area contributed by atoms with Crippen molar-refractivity contribution in [3.63, 3.8) is 0 Å². The van der Waals surface area contributed by atoms with Crippen LogP contribution in [0, 0.1) is 0 Å². The first-order valence-electron chi connectivity index (χ1n) is 6.97. The van der Waals surface area contributed by atoms with Crippen LogP contribution in [0.4, 0.5) is 0 Å². The van der Waals surface area contributed by atoms with Gasteiger partial charge in [-0.2, -0.15) is 5.10 Å². The minimum atomic E-state index is -0.466. The van der Waals surface area contributed by atoms with Gasteiger partial charge in [-0.25, -0.2) is 5.43 Å². The number of hydrogen-bond donors (Lipinski definition) is 2. The Morgan fingerprint density at radius 1 is 1.15 bits per heavy atom. The van der Waals surface area contributed by atoms with Crippen LogP contribution in [-0.2, 0) is 4.79 Å². The first kappa shape index (κ1) is 21.2. The smallest absolute Gasteiger partial charge is 0.277 e. The Morgan fingerprint density at radius 3 is 2.50 bits per heavy atom. The van der Waals surface area contributed by atoms with Crippen LogP contribution >= 0.6 is 63.7 Å². The number of hydrazone groups is 1. The van der Waals surface area contributed by atoms with Crippen molar-refractivity contribution >= 4 is 75.8 Å². The van der Waals surface area contributed by atoms with Gasteiger partial charge in [0.2, 0.25) is 0 Å². The van der Waals surface area contributed by atoms with E-state index in [0.717, 1.165) is 8.95 Å². The number of phenols is 1. The molecule has 0 unspecified atom stereocenters. The molecule has 0 spiro atoms. The molecule has 0 aromatic heterocycles. The highest BCUT2D eigenvalue weighted by Gasteiger charge is 2.13. The van der Waals surface area contributed by atoms with Gasteiger partial charge in [0, 0.05) is 14.5 Å². The van der Waals surface area contributed by atoms with Crippen molar-refractivity contribution in [2.45, 2.75) is 0 Å². The van der Waals surface area contributed by atoms with Crippen molar-refractivity contribution in [3.05, 3.63) is 47.7 Å². The van der Waals surface area contributed by atoms with Crippen LogP contribution in [0.1, 0.15) is 5.56 Å². The standard InChI is InChI=1S/C16H12Br4N2O4/c1-25-13-5-10(18)4-12(20)16(13)26-7-14(23)22-21-6-8-2-9(17)3-11(19)15(8)24/h2-6,24H,7H2,1H3,(H,22,23)/b21-6+.